The van der Waals surface area contributed by atoms with E-state index in [1.807, 2.05) is 79.7 Å². The van der Waals surface area contributed by atoms with Crippen LogP contribution in [0.5, 0.6) is 0 Å². The highest BCUT2D eigenvalue weighted by atomic mass is 19.1. The van der Waals surface area contributed by atoms with Gasteiger partial charge in [-0.25, -0.2) is 4.39 Å². The summed E-state index contributed by atoms with van der Waals surface area (Å²) in [5, 5.41) is 2.92. The Morgan fingerprint density at radius 1 is 0.955 bits per heavy atom. The molecule has 7 nitrogen and oxygen atoms in total. The van der Waals surface area contributed by atoms with Crippen LogP contribution in [-0.4, -0.2) is 51.1 Å². The molecule has 0 spiro atoms. The number of halogens is 1. The van der Waals surface area contributed by atoms with Crippen LogP contribution in [0.3, 0.4) is 0 Å². The van der Waals surface area contributed by atoms with Crippen molar-refractivity contribution in [3.8, 4) is 0 Å². The predicted molar refractivity (Wildman–Crippen MR) is 168 cm³/mol. The van der Waals surface area contributed by atoms with E-state index in [9.17, 15) is 18.8 Å². The fraction of sp³-hybridized carbons (Fsp3) is 0.222. The maximum Gasteiger partial charge on any atom is 0.250 e. The van der Waals surface area contributed by atoms with Crippen molar-refractivity contribution in [3.63, 3.8) is 0 Å². The molecule has 44 heavy (non-hydrogen) atoms. The molecule has 6 rings (SSSR count). The normalized spacial score (nSPS) is 17.9. The van der Waals surface area contributed by atoms with Crippen LogP contribution in [0.4, 0.5) is 4.39 Å². The first-order valence-electron chi connectivity index (χ1n) is 14.8. The Hall–Kier alpha value is -5.11. The highest BCUT2D eigenvalue weighted by molar-refractivity contribution is 5.94. The van der Waals surface area contributed by atoms with Crippen LogP contribution in [0.25, 0.3) is 21.7 Å². The number of nitrogens with two attached hydrogens (primary N) is 1. The fourth-order valence-corrected chi connectivity index (χ4v) is 6.30. The minimum absolute atomic E-state index is 0.0649. The quantitative estimate of drug-likeness (QED) is 0.277. The number of fused-ring (bicyclic) bond motifs is 2. The first-order valence-corrected chi connectivity index (χ1v) is 14.8. The maximum atomic E-state index is 14.5. The van der Waals surface area contributed by atoms with Gasteiger partial charge in [-0.05, 0) is 71.1 Å². The highest BCUT2D eigenvalue weighted by Gasteiger charge is 2.43. The van der Waals surface area contributed by atoms with Crippen molar-refractivity contribution in [3.05, 3.63) is 126 Å². The van der Waals surface area contributed by atoms with Crippen LogP contribution >= 0.6 is 0 Å². The number of rotatable bonds is 7. The molecule has 8 heteroatoms. The number of primary amides is 1. The van der Waals surface area contributed by atoms with Crippen molar-refractivity contribution in [1.82, 2.24) is 14.8 Å². The number of aromatic nitrogens is 1. The van der Waals surface area contributed by atoms with Gasteiger partial charge in [0.1, 0.15) is 17.9 Å². The molecule has 3 atom stereocenters. The smallest absolute Gasteiger partial charge is 0.250 e. The summed E-state index contributed by atoms with van der Waals surface area (Å²) in [6, 6.07) is 26.4. The number of carbonyl (C=O) groups excluding carboxylic acids is 3. The zero-order valence-corrected chi connectivity index (χ0v) is 24.4. The molecule has 0 saturated carbocycles. The van der Waals surface area contributed by atoms with Gasteiger partial charge in [-0.15, -0.1) is 0 Å². The molecule has 1 fully saturated rings. The lowest BCUT2D eigenvalue weighted by atomic mass is 9.96. The molecule has 1 saturated heterocycles. The maximum absolute atomic E-state index is 14.5. The minimum atomic E-state index is -1.06. The van der Waals surface area contributed by atoms with Crippen LogP contribution in [0, 0.1) is 5.82 Å². The lowest BCUT2D eigenvalue weighted by molar-refractivity contribution is -0.148. The van der Waals surface area contributed by atoms with Gasteiger partial charge in [-0.3, -0.25) is 19.4 Å². The topological polar surface area (TPSA) is 96.6 Å². The monoisotopic (exact) mass is 588 g/mol. The second-order valence-electron chi connectivity index (χ2n) is 11.4. The Balaban J connectivity index is 1.37. The molecule has 1 aliphatic heterocycles. The van der Waals surface area contributed by atoms with Crippen molar-refractivity contribution < 1.29 is 18.8 Å². The number of nitrogens with zero attached hydrogens (tertiary/aromatic N) is 3. The lowest BCUT2D eigenvalue weighted by Gasteiger charge is -2.36. The molecule has 4 aromatic carbocycles. The zero-order chi connectivity index (χ0) is 30.8. The Kier molecular flexibility index (Phi) is 8.07. The molecule has 2 heterocycles. The van der Waals surface area contributed by atoms with Crippen molar-refractivity contribution in [1.29, 1.82) is 0 Å². The number of hydrogen-bond acceptors (Lipinski definition) is 4. The zero-order valence-electron chi connectivity index (χ0n) is 24.4. The van der Waals surface area contributed by atoms with Crippen molar-refractivity contribution in [2.75, 3.05) is 6.54 Å². The average molecular weight is 589 g/mol. The van der Waals surface area contributed by atoms with Gasteiger partial charge in [0.15, 0.2) is 0 Å². The highest BCUT2D eigenvalue weighted by Crippen LogP contribution is 2.33. The summed E-state index contributed by atoms with van der Waals surface area (Å²) in [6.07, 6.45) is 2.45. The first-order chi connectivity index (χ1) is 21.3. The summed E-state index contributed by atoms with van der Waals surface area (Å²) >= 11 is 0. The van der Waals surface area contributed by atoms with Crippen LogP contribution in [-0.2, 0) is 27.2 Å². The van der Waals surface area contributed by atoms with Gasteiger partial charge in [0.2, 0.25) is 11.8 Å². The summed E-state index contributed by atoms with van der Waals surface area (Å²) in [4.78, 5) is 49.1. The third kappa shape index (κ3) is 5.75. The Bertz CT molecular complexity index is 1850. The van der Waals surface area contributed by atoms with E-state index < -0.39 is 29.7 Å². The van der Waals surface area contributed by atoms with Gasteiger partial charge in [0, 0.05) is 30.6 Å². The fourth-order valence-electron chi connectivity index (χ4n) is 6.30. The Morgan fingerprint density at radius 3 is 2.50 bits per heavy atom. The summed E-state index contributed by atoms with van der Waals surface area (Å²) < 4.78 is 14.0. The average Bonchev–Trinajstić information content (AvgIpc) is 3.15. The largest absolute Gasteiger partial charge is 0.368 e. The molecule has 0 aliphatic carbocycles. The molecule has 1 aliphatic rings. The molecule has 1 aromatic heterocycles. The van der Waals surface area contributed by atoms with Gasteiger partial charge in [-0.2, -0.15) is 0 Å². The molecule has 0 bridgehead atoms. The van der Waals surface area contributed by atoms with E-state index in [0.29, 0.717) is 12.0 Å². The van der Waals surface area contributed by atoms with Gasteiger partial charge >= 0.3 is 0 Å². The summed E-state index contributed by atoms with van der Waals surface area (Å²) in [5.41, 5.74) is 8.97. The predicted octanol–water partition coefficient (Wildman–Crippen LogP) is 5.36. The molecular formula is C36H33FN4O3. The van der Waals surface area contributed by atoms with Crippen LogP contribution < -0.4 is 5.73 Å². The Labute approximate surface area is 255 Å². The summed E-state index contributed by atoms with van der Waals surface area (Å²) in [7, 11) is 0. The van der Waals surface area contributed by atoms with E-state index in [2.05, 4.69) is 4.98 Å². The molecule has 3 unspecified atom stereocenters. The van der Waals surface area contributed by atoms with Crippen LogP contribution in [0.15, 0.2) is 103 Å². The van der Waals surface area contributed by atoms with Gasteiger partial charge in [-0.1, -0.05) is 66.7 Å². The van der Waals surface area contributed by atoms with Crippen molar-refractivity contribution in [2.45, 2.75) is 44.3 Å². The first kappa shape index (κ1) is 29.0. The molecule has 0 radical (unpaired) electrons. The second kappa shape index (κ2) is 12.2. The van der Waals surface area contributed by atoms with E-state index in [4.69, 9.17) is 5.73 Å². The van der Waals surface area contributed by atoms with Gasteiger partial charge < -0.3 is 15.5 Å². The third-order valence-electron chi connectivity index (χ3n) is 8.55. The minimum Gasteiger partial charge on any atom is -0.368 e. The van der Waals surface area contributed by atoms with E-state index >= 15 is 0 Å². The Morgan fingerprint density at radius 2 is 1.70 bits per heavy atom. The van der Waals surface area contributed by atoms with E-state index in [0.717, 1.165) is 32.8 Å². The molecule has 5 aromatic rings. The van der Waals surface area contributed by atoms with Crippen molar-refractivity contribution >= 4 is 39.4 Å². The number of carbonyl (C=O) groups is 3. The molecule has 3 amide bonds. The summed E-state index contributed by atoms with van der Waals surface area (Å²) in [6.45, 7) is 2.14. The standard InChI is InChI=1S/C36H33FN4O3/c1-23-17-19-40(32(35(38)43)22-27-8-4-7-25-6-2-3-10-30(25)27)36(44)34(26-12-14-29(37)15-13-26)41(23)33(42)21-24-11-16-31-28(20-24)9-5-18-39-31/h2-16,18,20,23,32,34H,17,19,21-22H2,1H3,(H2,38,43). The number of amides is 3. The van der Waals surface area contributed by atoms with Crippen LogP contribution in [0.1, 0.15) is 36.1 Å². The SMILES string of the molecule is CC1CCN(C(Cc2cccc3ccccc23)C(N)=O)C(=O)C(c2ccc(F)cc2)N1C(=O)Cc1ccc2ncccc2c1. The van der Waals surface area contributed by atoms with Gasteiger partial charge in [0.25, 0.3) is 5.91 Å². The van der Waals surface area contributed by atoms with E-state index in [1.165, 1.54) is 29.2 Å². The van der Waals surface area contributed by atoms with E-state index in [1.54, 1.807) is 11.1 Å². The number of hydrogen-bond donors (Lipinski definition) is 1. The second-order valence-corrected chi connectivity index (χ2v) is 11.4. The third-order valence-corrected chi connectivity index (χ3v) is 8.55. The molecule has 2 N–H and O–H groups in total. The molecular weight excluding hydrogens is 555 g/mol. The van der Waals surface area contributed by atoms with Crippen molar-refractivity contribution in [2.24, 2.45) is 5.73 Å². The van der Waals surface area contributed by atoms with Crippen LogP contribution in [0.2, 0.25) is 0 Å². The van der Waals surface area contributed by atoms with E-state index in [-0.39, 0.29) is 31.3 Å². The summed E-state index contributed by atoms with van der Waals surface area (Å²) in [5.74, 6) is -1.73. The van der Waals surface area contributed by atoms with Gasteiger partial charge in [0.05, 0.1) is 11.9 Å². The number of benzene rings is 4. The number of pyridine rings is 1. The lowest BCUT2D eigenvalue weighted by Crippen LogP contribution is -2.52. The molecule has 222 valence electrons.